The van der Waals surface area contributed by atoms with E-state index in [1.807, 2.05) is 0 Å². The molecule has 4 amide bonds. The third kappa shape index (κ3) is 3.97. The molecule has 164 valence electrons. The summed E-state index contributed by atoms with van der Waals surface area (Å²) in [6.07, 6.45) is 1.27. The maximum absolute atomic E-state index is 13.3. The first-order valence-electron chi connectivity index (χ1n) is 9.88. The second kappa shape index (κ2) is 8.80. The lowest BCUT2D eigenvalue weighted by Gasteiger charge is -2.33. The molecule has 1 heterocycles. The molecule has 33 heavy (non-hydrogen) atoms. The molecule has 1 fully saturated rings. The second-order valence-electron chi connectivity index (χ2n) is 7.06. The quantitative estimate of drug-likeness (QED) is 0.474. The van der Waals surface area contributed by atoms with Crippen LogP contribution in [-0.4, -0.2) is 36.0 Å². The van der Waals surface area contributed by atoms with Gasteiger partial charge in [-0.2, -0.15) is 0 Å². The number of rotatable bonds is 5. The molecule has 1 aliphatic rings. The second-order valence-corrected chi connectivity index (χ2v) is 7.06. The first kappa shape index (κ1) is 21.5. The number of hydrogen-bond donors (Lipinski definition) is 1. The molecule has 0 atom stereocenters. The Bertz CT molecular complexity index is 1220. The van der Waals surface area contributed by atoms with Gasteiger partial charge in [0.1, 0.15) is 16.9 Å². The molecule has 0 unspecified atom stereocenters. The molecule has 0 spiro atoms. The summed E-state index contributed by atoms with van der Waals surface area (Å²) in [5, 5.41) is 9.45. The van der Waals surface area contributed by atoms with Gasteiger partial charge in [0.15, 0.2) is 0 Å². The summed E-state index contributed by atoms with van der Waals surface area (Å²) in [6.45, 7) is 0. The van der Waals surface area contributed by atoms with Crippen molar-refractivity contribution in [3.63, 3.8) is 0 Å². The number of nitrogens with zero attached hydrogens (tertiary/aromatic N) is 2. The topological polar surface area (TPSA) is 104 Å². The molecule has 0 aromatic heterocycles. The van der Waals surface area contributed by atoms with E-state index in [1.165, 1.54) is 31.4 Å². The number of ether oxygens (including phenoxy) is 1. The summed E-state index contributed by atoms with van der Waals surface area (Å²) < 4.78 is 5.06. The lowest BCUT2D eigenvalue weighted by atomic mass is 10.0. The number of amides is 4. The van der Waals surface area contributed by atoms with E-state index in [9.17, 15) is 24.3 Å². The van der Waals surface area contributed by atoms with E-state index in [1.54, 1.807) is 60.7 Å². The lowest BCUT2D eigenvalue weighted by molar-refractivity contribution is -0.121. The molecule has 8 nitrogen and oxygen atoms in total. The molecule has 1 aliphatic heterocycles. The minimum absolute atomic E-state index is 0.126. The summed E-state index contributed by atoms with van der Waals surface area (Å²) in [4.78, 5) is 53.3. The van der Waals surface area contributed by atoms with Crippen molar-refractivity contribution in [1.82, 2.24) is 0 Å². The van der Waals surface area contributed by atoms with Crippen LogP contribution in [0, 0.1) is 0 Å². The van der Waals surface area contributed by atoms with Crippen molar-refractivity contribution >= 4 is 41.3 Å². The molecule has 1 N–H and O–H groups in total. The Labute approximate surface area is 188 Å². The van der Waals surface area contributed by atoms with Crippen LogP contribution in [0.15, 0.2) is 84.4 Å². The van der Waals surface area contributed by atoms with Crippen molar-refractivity contribution in [2.24, 2.45) is 0 Å². The zero-order chi connectivity index (χ0) is 23.5. The molecule has 0 saturated carbocycles. The van der Waals surface area contributed by atoms with Crippen molar-refractivity contribution in [1.29, 1.82) is 0 Å². The number of imide groups is 2. The van der Waals surface area contributed by atoms with E-state index in [2.05, 4.69) is 0 Å². The molecule has 1 saturated heterocycles. The normalized spacial score (nSPS) is 13.8. The van der Waals surface area contributed by atoms with E-state index >= 15 is 0 Å². The summed E-state index contributed by atoms with van der Waals surface area (Å²) in [7, 11) is 1.34. The number of aromatic carboxylic acids is 1. The summed E-state index contributed by atoms with van der Waals surface area (Å²) in [5.41, 5.74) is 0.475. The molecule has 8 heteroatoms. The van der Waals surface area contributed by atoms with Gasteiger partial charge in [-0.15, -0.1) is 0 Å². The molecule has 0 radical (unpaired) electrons. The Balaban J connectivity index is 1.87. The molecule has 4 rings (SSSR count). The zero-order valence-electron chi connectivity index (χ0n) is 17.5. The van der Waals surface area contributed by atoms with Gasteiger partial charge in [0.05, 0.1) is 18.5 Å². The van der Waals surface area contributed by atoms with E-state index < -0.39 is 23.8 Å². The van der Waals surface area contributed by atoms with Gasteiger partial charge >= 0.3 is 12.0 Å². The average molecular weight is 442 g/mol. The summed E-state index contributed by atoms with van der Waals surface area (Å²) >= 11 is 0. The average Bonchev–Trinajstić information content (AvgIpc) is 2.83. The highest BCUT2D eigenvalue weighted by Crippen LogP contribution is 2.30. The third-order valence-electron chi connectivity index (χ3n) is 5.04. The van der Waals surface area contributed by atoms with E-state index in [0.717, 1.165) is 9.80 Å². The van der Waals surface area contributed by atoms with Crippen LogP contribution in [0.2, 0.25) is 0 Å². The Kier molecular flexibility index (Phi) is 5.73. The number of urea groups is 1. The minimum Gasteiger partial charge on any atom is -0.496 e. The highest BCUT2D eigenvalue weighted by atomic mass is 16.5. The van der Waals surface area contributed by atoms with E-state index in [0.29, 0.717) is 16.9 Å². The van der Waals surface area contributed by atoms with E-state index in [4.69, 9.17) is 4.74 Å². The van der Waals surface area contributed by atoms with Gasteiger partial charge in [-0.1, -0.05) is 42.5 Å². The maximum Gasteiger partial charge on any atom is 0.343 e. The largest absolute Gasteiger partial charge is 0.496 e. The Morgan fingerprint density at radius 3 is 1.79 bits per heavy atom. The molecule has 0 aliphatic carbocycles. The number of hydrogen-bond acceptors (Lipinski definition) is 5. The fraction of sp³-hybridized carbons (Fsp3) is 0.0400. The fourth-order valence-corrected chi connectivity index (χ4v) is 3.49. The number of carboxylic acids is 1. The van der Waals surface area contributed by atoms with Crippen molar-refractivity contribution in [2.75, 3.05) is 16.9 Å². The van der Waals surface area contributed by atoms with Crippen LogP contribution in [0.25, 0.3) is 6.08 Å². The van der Waals surface area contributed by atoms with Crippen LogP contribution in [0.3, 0.4) is 0 Å². The van der Waals surface area contributed by atoms with Gasteiger partial charge in [0.2, 0.25) is 0 Å². The Morgan fingerprint density at radius 1 is 0.818 bits per heavy atom. The van der Waals surface area contributed by atoms with Crippen molar-refractivity contribution < 1.29 is 29.0 Å². The van der Waals surface area contributed by atoms with Gasteiger partial charge in [-0.3, -0.25) is 9.59 Å². The van der Waals surface area contributed by atoms with Crippen molar-refractivity contribution in [2.45, 2.75) is 0 Å². The first-order valence-corrected chi connectivity index (χ1v) is 9.88. The van der Waals surface area contributed by atoms with Gasteiger partial charge in [0, 0.05) is 0 Å². The highest BCUT2D eigenvalue weighted by Gasteiger charge is 2.43. The number of carbonyl (C=O) groups is 4. The maximum atomic E-state index is 13.3. The first-order chi connectivity index (χ1) is 15.9. The number of barbiturate groups is 1. The van der Waals surface area contributed by atoms with Crippen LogP contribution >= 0.6 is 0 Å². The number of carboxylic acid groups (broad SMARTS) is 1. The SMILES string of the molecule is COc1ccc(C=C2C(=O)N(c3ccccc3)C(=O)N(c3ccccc3)C2=O)cc1C(=O)O. The van der Waals surface area contributed by atoms with Crippen LogP contribution in [0.5, 0.6) is 5.75 Å². The number of benzene rings is 3. The molecule has 3 aromatic carbocycles. The van der Waals surface area contributed by atoms with Crippen LogP contribution in [-0.2, 0) is 9.59 Å². The number of para-hydroxylation sites is 2. The zero-order valence-corrected chi connectivity index (χ0v) is 17.5. The van der Waals surface area contributed by atoms with E-state index in [-0.39, 0.29) is 16.9 Å². The van der Waals surface area contributed by atoms with Crippen LogP contribution in [0.1, 0.15) is 15.9 Å². The molecule has 0 bridgehead atoms. The molecular weight excluding hydrogens is 424 g/mol. The number of anilines is 2. The monoisotopic (exact) mass is 442 g/mol. The standard InChI is InChI=1S/C25H18N2O6/c1-33-21-13-12-16(14-19(21)24(30)31)15-20-22(28)26(17-8-4-2-5-9-17)25(32)27(23(20)29)18-10-6-3-7-11-18/h2-15H,1H3,(H,30,31). The van der Waals surface area contributed by atoms with Gasteiger partial charge in [0.25, 0.3) is 11.8 Å². The smallest absolute Gasteiger partial charge is 0.343 e. The third-order valence-corrected chi connectivity index (χ3v) is 5.04. The Hall–Kier alpha value is -4.72. The summed E-state index contributed by atoms with van der Waals surface area (Å²) in [5.74, 6) is -2.70. The Morgan fingerprint density at radius 2 is 1.33 bits per heavy atom. The summed E-state index contributed by atoms with van der Waals surface area (Å²) in [6, 6.07) is 20.0. The van der Waals surface area contributed by atoms with Gasteiger partial charge in [-0.05, 0) is 48.0 Å². The predicted molar refractivity (Wildman–Crippen MR) is 121 cm³/mol. The predicted octanol–water partition coefficient (Wildman–Crippen LogP) is 3.98. The molecular formula is C25H18N2O6. The van der Waals surface area contributed by atoms with Crippen molar-refractivity contribution in [3.8, 4) is 5.75 Å². The van der Waals surface area contributed by atoms with Crippen LogP contribution < -0.4 is 14.5 Å². The fourth-order valence-electron chi connectivity index (χ4n) is 3.49. The lowest BCUT2D eigenvalue weighted by Crippen LogP contribution is -2.57. The van der Waals surface area contributed by atoms with Crippen molar-refractivity contribution in [3.05, 3.63) is 95.6 Å². The minimum atomic E-state index is -1.22. The number of methoxy groups -OCH3 is 1. The van der Waals surface area contributed by atoms with Gasteiger partial charge < -0.3 is 9.84 Å². The van der Waals surface area contributed by atoms with Crippen LogP contribution in [0.4, 0.5) is 16.2 Å². The highest BCUT2D eigenvalue weighted by molar-refractivity contribution is 6.46. The molecule has 3 aromatic rings. The van der Waals surface area contributed by atoms with Gasteiger partial charge in [-0.25, -0.2) is 19.4 Å². The number of carbonyl (C=O) groups excluding carboxylic acids is 3.